The number of aromatic nitrogens is 2. The van der Waals surface area contributed by atoms with Gasteiger partial charge in [0.15, 0.2) is 13.6 Å². The first kappa shape index (κ1) is 19.8. The largest absolute Gasteiger partial charge is 0.409 e. The molecule has 0 aliphatic carbocycles. The molecule has 0 saturated carbocycles. The number of nitrogens with one attached hydrogen (secondary N) is 2. The average molecular weight is 478 g/mol. The highest BCUT2D eigenvalue weighted by Gasteiger charge is 2.38. The molecule has 2 heterocycles. The Labute approximate surface area is 164 Å². The third-order valence-corrected chi connectivity index (χ3v) is 13.3. The number of benzene rings is 1. The van der Waals surface area contributed by atoms with Gasteiger partial charge in [0.1, 0.15) is 15.1 Å². The van der Waals surface area contributed by atoms with Gasteiger partial charge in [0.25, 0.3) is 0 Å². The maximum atomic E-state index is 13.3. The van der Waals surface area contributed by atoms with E-state index in [1.54, 1.807) is 0 Å². The van der Waals surface area contributed by atoms with Gasteiger partial charge in [0.05, 0.1) is 4.47 Å². The Morgan fingerprint density at radius 1 is 1.48 bits per heavy atom. The van der Waals surface area contributed by atoms with Crippen LogP contribution in [0.1, 0.15) is 5.69 Å². The van der Waals surface area contributed by atoms with E-state index < -0.39 is 23.0 Å². The van der Waals surface area contributed by atoms with Crippen LogP contribution in [0.5, 0.6) is 0 Å². The molecule has 1 aromatic heterocycles. The first-order chi connectivity index (χ1) is 12.8. The molecule has 0 radical (unpaired) electrons. The van der Waals surface area contributed by atoms with E-state index in [4.69, 9.17) is 4.63 Å². The van der Waals surface area contributed by atoms with E-state index in [0.717, 1.165) is 12.1 Å². The average Bonchev–Trinajstić information content (AvgIpc) is 3.01. The number of anilines is 2. The van der Waals surface area contributed by atoms with Crippen LogP contribution < -0.4 is 10.6 Å². The highest BCUT2D eigenvalue weighted by Crippen LogP contribution is 2.32. The molecule has 1 aliphatic heterocycles. The normalized spacial score (nSPS) is 20.2. The minimum Gasteiger partial charge on any atom is -0.409 e. The fraction of sp³-hybridized carbons (Fsp3) is 0.357. The van der Waals surface area contributed by atoms with Crippen molar-refractivity contribution in [3.8, 4) is 0 Å². The predicted octanol–water partition coefficient (Wildman–Crippen LogP) is 2.03. The quantitative estimate of drug-likeness (QED) is 0.189. The third-order valence-electron chi connectivity index (χ3n) is 4.35. The minimum absolute atomic E-state index is 0.0331. The first-order valence-corrected chi connectivity index (χ1v) is 13.8. The van der Waals surface area contributed by atoms with Crippen molar-refractivity contribution in [2.24, 2.45) is 11.1 Å². The van der Waals surface area contributed by atoms with Gasteiger partial charge in [0.2, 0.25) is 11.7 Å². The number of amidine groups is 1. The van der Waals surface area contributed by atoms with Crippen LogP contribution in [0, 0.1) is 11.7 Å². The summed E-state index contributed by atoms with van der Waals surface area (Å²) in [6.45, 7) is 0.515. The van der Waals surface area contributed by atoms with Crippen LogP contribution in [0.4, 0.5) is 15.9 Å². The van der Waals surface area contributed by atoms with Crippen molar-refractivity contribution in [1.29, 1.82) is 0 Å². The van der Waals surface area contributed by atoms with Crippen molar-refractivity contribution in [3.05, 3.63) is 34.2 Å². The highest BCUT2D eigenvalue weighted by atomic mass is 79.9. The number of oxime groups is 1. The van der Waals surface area contributed by atoms with Crippen LogP contribution in [0.2, 0.25) is 12.1 Å². The zero-order chi connectivity index (χ0) is 19.6. The lowest BCUT2D eigenvalue weighted by Gasteiger charge is -2.32. The first-order valence-electron chi connectivity index (χ1n) is 7.97. The number of rotatable bonds is 6. The Balaban J connectivity index is 1.64. The third kappa shape index (κ3) is 4.65. The van der Waals surface area contributed by atoms with Gasteiger partial charge in [-0.05, 0) is 62.4 Å². The lowest BCUT2D eigenvalue weighted by atomic mass is 10.2. The second kappa shape index (κ2) is 7.94. The van der Waals surface area contributed by atoms with Crippen LogP contribution in [-0.2, 0) is 9.29 Å². The van der Waals surface area contributed by atoms with Gasteiger partial charge in [0, 0.05) is 18.5 Å². The Morgan fingerprint density at radius 3 is 2.85 bits per heavy atom. The fourth-order valence-corrected chi connectivity index (χ4v) is 9.22. The minimum atomic E-state index is -2.87. The lowest BCUT2D eigenvalue weighted by Crippen LogP contribution is -2.41. The van der Waals surface area contributed by atoms with Crippen molar-refractivity contribution < 1.29 is 22.6 Å². The van der Waals surface area contributed by atoms with Crippen LogP contribution in [0.3, 0.4) is 0 Å². The van der Waals surface area contributed by atoms with E-state index in [1.165, 1.54) is 24.5 Å². The number of hydrogen-bond acceptors (Lipinski definition) is 8. The summed E-state index contributed by atoms with van der Waals surface area (Å²) in [5.74, 6) is 0.0524. The molecule has 1 fully saturated rings. The van der Waals surface area contributed by atoms with Crippen molar-refractivity contribution in [2.45, 2.75) is 12.1 Å². The van der Waals surface area contributed by atoms with Crippen molar-refractivity contribution in [3.63, 3.8) is 0 Å². The summed E-state index contributed by atoms with van der Waals surface area (Å²) in [6.07, 6.45) is 1.30. The molecule has 0 atom stereocenters. The highest BCUT2D eigenvalue weighted by molar-refractivity contribution is 9.10. The summed E-state index contributed by atoms with van der Waals surface area (Å²) in [7, 11) is -4.56. The lowest BCUT2D eigenvalue weighted by molar-refractivity contribution is 0.305. The summed E-state index contributed by atoms with van der Waals surface area (Å²) in [5, 5.41) is 25.8. The second-order valence-corrected chi connectivity index (χ2v) is 15.6. The number of halogens is 2. The van der Waals surface area contributed by atoms with Gasteiger partial charge in [-0.1, -0.05) is 5.16 Å². The van der Waals surface area contributed by atoms with Gasteiger partial charge in [-0.3, -0.25) is 0 Å². The van der Waals surface area contributed by atoms with Crippen LogP contribution in [0.25, 0.3) is 0 Å². The zero-order valence-corrected chi connectivity index (χ0v) is 17.7. The van der Waals surface area contributed by atoms with Gasteiger partial charge in [-0.25, -0.2) is 17.4 Å². The molecule has 27 heavy (non-hydrogen) atoms. The molecule has 0 bridgehead atoms. The Kier molecular flexibility index (Phi) is 5.81. The number of hydrogen-bond donors (Lipinski definition) is 3. The summed E-state index contributed by atoms with van der Waals surface area (Å²) < 4.78 is 41.3. The summed E-state index contributed by atoms with van der Waals surface area (Å²) in [5.41, 5.74) is 0.611. The smallest absolute Gasteiger partial charge is 0.203 e. The maximum Gasteiger partial charge on any atom is 0.203 e. The van der Waals surface area contributed by atoms with Gasteiger partial charge >= 0.3 is 0 Å². The number of nitrogens with zero attached hydrogens (tertiary/aromatic N) is 3. The summed E-state index contributed by atoms with van der Waals surface area (Å²) in [6, 6.07) is 5.63. The Bertz CT molecular complexity index is 964. The van der Waals surface area contributed by atoms with E-state index in [9.17, 15) is 18.0 Å². The van der Waals surface area contributed by atoms with Gasteiger partial charge < -0.3 is 15.8 Å². The molecule has 1 saturated heterocycles. The SMILES string of the molecule is CS(=O)(=O)[SiH]1CC(CNc2nonc2/C(=N/O)Nc2ccc(F)c(Br)c2)C1. The van der Waals surface area contributed by atoms with Crippen molar-refractivity contribution in [1.82, 2.24) is 10.3 Å². The Morgan fingerprint density at radius 2 is 2.22 bits per heavy atom. The topological polar surface area (TPSA) is 130 Å². The van der Waals surface area contributed by atoms with Gasteiger partial charge in [-0.2, -0.15) is 0 Å². The second-order valence-electron chi connectivity index (χ2n) is 6.33. The fourth-order valence-electron chi connectivity index (χ4n) is 2.73. The van der Waals surface area contributed by atoms with Crippen LogP contribution >= 0.6 is 15.9 Å². The van der Waals surface area contributed by atoms with E-state index in [0.29, 0.717) is 12.2 Å². The molecule has 0 amide bonds. The molecule has 9 nitrogen and oxygen atoms in total. The zero-order valence-electron chi connectivity index (χ0n) is 14.2. The van der Waals surface area contributed by atoms with Crippen molar-refractivity contribution in [2.75, 3.05) is 23.4 Å². The van der Waals surface area contributed by atoms with Crippen LogP contribution in [0.15, 0.2) is 32.5 Å². The summed E-state index contributed by atoms with van der Waals surface area (Å²) in [4.78, 5) is 0. The summed E-state index contributed by atoms with van der Waals surface area (Å²) >= 11 is 3.08. The molecule has 13 heteroatoms. The van der Waals surface area contributed by atoms with E-state index in [-0.39, 0.29) is 27.7 Å². The standard InChI is InChI=1S/C14H17BrFN5O4SSi/c1-26(23,24)27-6-8(7-27)5-17-13-12(20-25-21-13)14(19-22)18-9-2-3-11(16)10(15)4-9/h2-4,8,22,27H,5-7H2,1H3,(H,17,21)(H,18,19). The molecule has 3 rings (SSSR count). The Hall–Kier alpha value is -1.99. The molecular formula is C14H17BrFN5O4SSi. The molecule has 1 aromatic carbocycles. The van der Waals surface area contributed by atoms with E-state index in [1.807, 2.05) is 0 Å². The molecule has 146 valence electrons. The maximum absolute atomic E-state index is 13.3. The van der Waals surface area contributed by atoms with E-state index in [2.05, 4.69) is 42.0 Å². The van der Waals surface area contributed by atoms with Gasteiger partial charge in [-0.15, -0.1) is 0 Å². The van der Waals surface area contributed by atoms with Crippen LogP contribution in [-0.4, -0.2) is 50.5 Å². The molecule has 0 unspecified atom stereocenters. The predicted molar refractivity (Wildman–Crippen MR) is 104 cm³/mol. The molecule has 3 N–H and O–H groups in total. The van der Waals surface area contributed by atoms with Crippen molar-refractivity contribution >= 4 is 50.5 Å². The molecule has 0 spiro atoms. The van der Waals surface area contributed by atoms with E-state index >= 15 is 0 Å². The molecule has 1 aliphatic rings. The molecular weight excluding hydrogens is 461 g/mol. The monoisotopic (exact) mass is 477 g/mol. The molecule has 2 aromatic rings.